The number of hydrogen-bond donors (Lipinski definition) is 1. The summed E-state index contributed by atoms with van der Waals surface area (Å²) in [7, 11) is 1.63. The van der Waals surface area contributed by atoms with Crippen molar-refractivity contribution in [3.05, 3.63) is 22.7 Å². The average Bonchev–Trinajstić information content (AvgIpc) is 2.34. The molecule has 0 heterocycles. The zero-order chi connectivity index (χ0) is 15.1. The summed E-state index contributed by atoms with van der Waals surface area (Å²) in [5.74, 6) is 2.14. The first-order chi connectivity index (χ1) is 9.43. The second kappa shape index (κ2) is 8.38. The number of hydrogen-bond acceptors (Lipinski definition) is 3. The zero-order valence-electron chi connectivity index (χ0n) is 12.9. The van der Waals surface area contributed by atoms with Gasteiger partial charge in [0.25, 0.3) is 0 Å². The van der Waals surface area contributed by atoms with E-state index in [0.717, 1.165) is 30.6 Å². The molecule has 0 aliphatic heterocycles. The van der Waals surface area contributed by atoms with E-state index >= 15 is 0 Å². The molecule has 1 rings (SSSR count). The number of halogens is 1. The molecule has 0 spiro atoms. The Balaban J connectivity index is 2.84. The van der Waals surface area contributed by atoms with Gasteiger partial charge in [-0.15, -0.1) is 0 Å². The third-order valence-electron chi connectivity index (χ3n) is 3.03. The predicted molar refractivity (Wildman–Crippen MR) is 84.9 cm³/mol. The van der Waals surface area contributed by atoms with Crippen molar-refractivity contribution in [1.82, 2.24) is 0 Å². The molecular weight excluding hydrogens is 274 g/mol. The van der Waals surface area contributed by atoms with Crippen LogP contribution in [0.1, 0.15) is 39.2 Å². The molecule has 0 aliphatic carbocycles. The normalized spacial score (nSPS) is 12.6. The molecule has 0 aliphatic rings. The van der Waals surface area contributed by atoms with Crippen LogP contribution in [0.5, 0.6) is 11.5 Å². The molecule has 1 unspecified atom stereocenters. The van der Waals surface area contributed by atoms with E-state index in [-0.39, 0.29) is 6.04 Å². The Bertz CT molecular complexity index is 419. The summed E-state index contributed by atoms with van der Waals surface area (Å²) in [4.78, 5) is 0. The summed E-state index contributed by atoms with van der Waals surface area (Å²) in [6.45, 7) is 7.08. The van der Waals surface area contributed by atoms with Gasteiger partial charge in [0.05, 0.1) is 13.7 Å². The van der Waals surface area contributed by atoms with Crippen LogP contribution < -0.4 is 15.2 Å². The van der Waals surface area contributed by atoms with Crippen molar-refractivity contribution < 1.29 is 9.47 Å². The quantitative estimate of drug-likeness (QED) is 0.736. The monoisotopic (exact) mass is 299 g/mol. The molecule has 1 aromatic rings. The second-order valence-electron chi connectivity index (χ2n) is 5.66. The Labute approximate surface area is 127 Å². The number of methoxy groups -OCH3 is 1. The van der Waals surface area contributed by atoms with E-state index in [4.69, 9.17) is 26.8 Å². The first-order valence-corrected chi connectivity index (χ1v) is 7.56. The highest BCUT2D eigenvalue weighted by Crippen LogP contribution is 2.35. The number of benzene rings is 1. The fourth-order valence-electron chi connectivity index (χ4n) is 2.10. The molecule has 20 heavy (non-hydrogen) atoms. The molecular formula is C16H26ClNO2. The van der Waals surface area contributed by atoms with Crippen LogP contribution in [0.15, 0.2) is 12.1 Å². The molecule has 0 radical (unpaired) electrons. The predicted octanol–water partition coefficient (Wildman–Crippen LogP) is 4.05. The maximum atomic E-state index is 6.11. The molecule has 0 saturated heterocycles. The number of nitrogens with two attached hydrogens (primary N) is 1. The molecule has 1 aromatic carbocycles. The minimum Gasteiger partial charge on any atom is -0.493 e. The lowest BCUT2D eigenvalue weighted by Crippen LogP contribution is -2.18. The lowest BCUT2D eigenvalue weighted by Gasteiger charge is -2.17. The summed E-state index contributed by atoms with van der Waals surface area (Å²) in [6, 6.07) is 3.74. The smallest absolute Gasteiger partial charge is 0.164 e. The largest absolute Gasteiger partial charge is 0.493 e. The summed E-state index contributed by atoms with van der Waals surface area (Å²) in [6.07, 6.45) is 2.90. The number of rotatable bonds is 8. The highest BCUT2D eigenvalue weighted by Gasteiger charge is 2.14. The lowest BCUT2D eigenvalue weighted by molar-refractivity contribution is 0.276. The molecule has 0 fully saturated rings. The SMILES string of the molecule is COc1cc(Cl)cc(CC(C)N)c1OCCCC(C)C. The van der Waals surface area contributed by atoms with Crippen LogP contribution in [0.2, 0.25) is 5.02 Å². The summed E-state index contributed by atoms with van der Waals surface area (Å²) < 4.78 is 11.3. The van der Waals surface area contributed by atoms with Gasteiger partial charge in [0.15, 0.2) is 11.5 Å². The van der Waals surface area contributed by atoms with Crippen molar-refractivity contribution in [2.75, 3.05) is 13.7 Å². The van der Waals surface area contributed by atoms with Crippen LogP contribution >= 0.6 is 11.6 Å². The lowest BCUT2D eigenvalue weighted by atomic mass is 10.1. The standard InChI is InChI=1S/C16H26ClNO2/c1-11(2)6-5-7-20-16-13(8-12(3)18)9-14(17)10-15(16)19-4/h9-12H,5-8,18H2,1-4H3. The van der Waals surface area contributed by atoms with E-state index in [1.54, 1.807) is 13.2 Å². The Hall–Kier alpha value is -0.930. The van der Waals surface area contributed by atoms with Gasteiger partial charge in [-0.2, -0.15) is 0 Å². The Morgan fingerprint density at radius 2 is 1.95 bits per heavy atom. The van der Waals surface area contributed by atoms with Crippen molar-refractivity contribution >= 4 is 11.6 Å². The third kappa shape index (κ3) is 5.59. The molecule has 4 heteroatoms. The van der Waals surface area contributed by atoms with Crippen molar-refractivity contribution in [2.24, 2.45) is 11.7 Å². The van der Waals surface area contributed by atoms with Crippen LogP contribution in [0.3, 0.4) is 0 Å². The highest BCUT2D eigenvalue weighted by atomic mass is 35.5. The van der Waals surface area contributed by atoms with E-state index in [0.29, 0.717) is 23.3 Å². The van der Waals surface area contributed by atoms with Crippen LogP contribution in [-0.4, -0.2) is 19.8 Å². The Morgan fingerprint density at radius 3 is 2.50 bits per heavy atom. The maximum Gasteiger partial charge on any atom is 0.164 e. The van der Waals surface area contributed by atoms with Gasteiger partial charge in [0, 0.05) is 22.7 Å². The van der Waals surface area contributed by atoms with E-state index < -0.39 is 0 Å². The van der Waals surface area contributed by atoms with Crippen molar-refractivity contribution in [2.45, 2.75) is 46.1 Å². The molecule has 0 aromatic heterocycles. The first kappa shape index (κ1) is 17.1. The van der Waals surface area contributed by atoms with E-state index in [1.807, 2.05) is 13.0 Å². The minimum absolute atomic E-state index is 0.0520. The first-order valence-electron chi connectivity index (χ1n) is 7.18. The molecule has 1 atom stereocenters. The van der Waals surface area contributed by atoms with Crippen LogP contribution in [-0.2, 0) is 6.42 Å². The van der Waals surface area contributed by atoms with E-state index in [1.165, 1.54) is 0 Å². The molecule has 0 bridgehead atoms. The van der Waals surface area contributed by atoms with Crippen molar-refractivity contribution in [1.29, 1.82) is 0 Å². The molecule has 0 saturated carbocycles. The van der Waals surface area contributed by atoms with Crippen LogP contribution in [0.25, 0.3) is 0 Å². The van der Waals surface area contributed by atoms with Crippen molar-refractivity contribution in [3.8, 4) is 11.5 Å². The summed E-state index contributed by atoms with van der Waals surface area (Å²) in [5.41, 5.74) is 6.90. The summed E-state index contributed by atoms with van der Waals surface area (Å²) in [5, 5.41) is 0.645. The minimum atomic E-state index is 0.0520. The topological polar surface area (TPSA) is 44.5 Å². The van der Waals surface area contributed by atoms with Gasteiger partial charge in [0.1, 0.15) is 0 Å². The number of ether oxygens (including phenoxy) is 2. The Kier molecular flexibility index (Phi) is 7.17. The molecule has 114 valence electrons. The summed E-state index contributed by atoms with van der Waals surface area (Å²) >= 11 is 6.11. The molecule has 2 N–H and O–H groups in total. The highest BCUT2D eigenvalue weighted by molar-refractivity contribution is 6.30. The van der Waals surface area contributed by atoms with E-state index in [9.17, 15) is 0 Å². The van der Waals surface area contributed by atoms with Gasteiger partial charge < -0.3 is 15.2 Å². The zero-order valence-corrected chi connectivity index (χ0v) is 13.7. The van der Waals surface area contributed by atoms with Crippen LogP contribution in [0.4, 0.5) is 0 Å². The third-order valence-corrected chi connectivity index (χ3v) is 3.25. The second-order valence-corrected chi connectivity index (χ2v) is 6.10. The van der Waals surface area contributed by atoms with Gasteiger partial charge in [-0.3, -0.25) is 0 Å². The maximum absolute atomic E-state index is 6.11. The molecule has 0 amide bonds. The van der Waals surface area contributed by atoms with Gasteiger partial charge in [-0.25, -0.2) is 0 Å². The van der Waals surface area contributed by atoms with Gasteiger partial charge in [0.2, 0.25) is 0 Å². The van der Waals surface area contributed by atoms with Crippen LogP contribution in [0, 0.1) is 5.92 Å². The average molecular weight is 300 g/mol. The van der Waals surface area contributed by atoms with Crippen molar-refractivity contribution in [3.63, 3.8) is 0 Å². The Morgan fingerprint density at radius 1 is 1.25 bits per heavy atom. The fourth-order valence-corrected chi connectivity index (χ4v) is 2.33. The fraction of sp³-hybridized carbons (Fsp3) is 0.625. The van der Waals surface area contributed by atoms with Gasteiger partial charge >= 0.3 is 0 Å². The van der Waals surface area contributed by atoms with Gasteiger partial charge in [-0.1, -0.05) is 25.4 Å². The van der Waals surface area contributed by atoms with E-state index in [2.05, 4.69) is 13.8 Å². The molecule has 3 nitrogen and oxygen atoms in total. The van der Waals surface area contributed by atoms with Gasteiger partial charge in [-0.05, 0) is 38.2 Å².